The summed E-state index contributed by atoms with van der Waals surface area (Å²) >= 11 is 0. The third-order valence-corrected chi connectivity index (χ3v) is 5.61. The zero-order chi connectivity index (χ0) is 28.7. The third kappa shape index (κ3) is 8.10. The van der Waals surface area contributed by atoms with Crippen molar-refractivity contribution >= 4 is 40.8 Å². The Morgan fingerprint density at radius 2 is 1.82 bits per heavy atom. The summed E-state index contributed by atoms with van der Waals surface area (Å²) in [5.74, 6) is 0.344. The van der Waals surface area contributed by atoms with E-state index in [1.165, 1.54) is 0 Å². The van der Waals surface area contributed by atoms with Crippen LogP contribution < -0.4 is 16.8 Å². The van der Waals surface area contributed by atoms with Crippen LogP contribution in [0.2, 0.25) is 0 Å². The van der Waals surface area contributed by atoms with Crippen molar-refractivity contribution in [2.75, 3.05) is 11.5 Å². The first-order valence-corrected chi connectivity index (χ1v) is 12.2. The second-order valence-electron chi connectivity index (χ2n) is 9.92. The molecular weight excluding hydrogens is 502 g/mol. The molecule has 2 aromatic heterocycles. The molecule has 3 rings (SSSR count). The molecule has 39 heavy (non-hydrogen) atoms. The van der Waals surface area contributed by atoms with Gasteiger partial charge in [0, 0.05) is 24.3 Å². The van der Waals surface area contributed by atoms with Crippen LogP contribution in [-0.2, 0) is 20.7 Å². The SMILES string of the molecule is C#CCC(Cc1cnc2nc(N)nc(N)c2n1)c1ccc(C(=O)N[C@@H](CCC(=O)O)C(=O)OC(C)(C)C)cc1. The number of benzene rings is 1. The van der Waals surface area contributed by atoms with Crippen LogP contribution in [0.1, 0.15) is 67.6 Å². The van der Waals surface area contributed by atoms with Crippen LogP contribution in [0.3, 0.4) is 0 Å². The van der Waals surface area contributed by atoms with E-state index in [2.05, 4.69) is 31.2 Å². The predicted molar refractivity (Wildman–Crippen MR) is 144 cm³/mol. The Kier molecular flexibility index (Phi) is 8.98. The molecular formula is C27H31N7O5. The van der Waals surface area contributed by atoms with Crippen LogP contribution in [0.4, 0.5) is 11.8 Å². The Morgan fingerprint density at radius 1 is 1.13 bits per heavy atom. The standard InChI is InChI=1S/C27H31N7O5/c1-5-6-17(13-18-14-30-23-21(31-18)22(28)33-26(29)34-23)15-7-9-16(10-8-15)24(37)32-19(11-12-20(35)36)25(38)39-27(2,3)4/h1,7-10,14,17,19H,6,11-13H2,2-4H3,(H,32,37)(H,35,36)(H4,28,29,30,33,34)/t17?,19-/m0/s1. The fourth-order valence-corrected chi connectivity index (χ4v) is 3.82. The Morgan fingerprint density at radius 3 is 2.44 bits per heavy atom. The molecule has 2 heterocycles. The van der Waals surface area contributed by atoms with E-state index in [1.54, 1.807) is 51.2 Å². The third-order valence-electron chi connectivity index (χ3n) is 5.61. The van der Waals surface area contributed by atoms with Crippen LogP contribution in [0.15, 0.2) is 30.5 Å². The smallest absolute Gasteiger partial charge is 0.329 e. The fourth-order valence-electron chi connectivity index (χ4n) is 3.82. The number of anilines is 2. The number of carbonyl (C=O) groups is 3. The van der Waals surface area contributed by atoms with Gasteiger partial charge in [-0.1, -0.05) is 12.1 Å². The van der Waals surface area contributed by atoms with Crippen molar-refractivity contribution in [3.63, 3.8) is 0 Å². The van der Waals surface area contributed by atoms with Gasteiger partial charge in [0.05, 0.1) is 11.9 Å². The molecule has 0 bridgehead atoms. The molecule has 3 aromatic rings. The molecule has 2 atom stereocenters. The number of nitrogen functional groups attached to an aromatic ring is 2. The zero-order valence-corrected chi connectivity index (χ0v) is 22.0. The summed E-state index contributed by atoms with van der Waals surface area (Å²) in [7, 11) is 0. The summed E-state index contributed by atoms with van der Waals surface area (Å²) in [4.78, 5) is 53.3. The van der Waals surface area contributed by atoms with Crippen molar-refractivity contribution in [1.82, 2.24) is 25.3 Å². The number of hydrogen-bond donors (Lipinski definition) is 4. The van der Waals surface area contributed by atoms with E-state index in [1.807, 2.05) is 0 Å². The number of esters is 1. The molecule has 204 valence electrons. The van der Waals surface area contributed by atoms with E-state index in [4.69, 9.17) is 27.7 Å². The summed E-state index contributed by atoms with van der Waals surface area (Å²) in [5, 5.41) is 11.6. The maximum Gasteiger partial charge on any atom is 0.329 e. The first kappa shape index (κ1) is 28.8. The second-order valence-corrected chi connectivity index (χ2v) is 9.92. The normalized spacial score (nSPS) is 12.8. The molecule has 12 heteroatoms. The fraction of sp³-hybridized carbons (Fsp3) is 0.370. The van der Waals surface area contributed by atoms with E-state index in [0.29, 0.717) is 29.7 Å². The first-order valence-electron chi connectivity index (χ1n) is 12.2. The maximum absolute atomic E-state index is 12.9. The minimum atomic E-state index is -1.11. The van der Waals surface area contributed by atoms with Gasteiger partial charge in [-0.3, -0.25) is 9.59 Å². The number of nitrogens with one attached hydrogen (secondary N) is 1. The zero-order valence-electron chi connectivity index (χ0n) is 22.0. The van der Waals surface area contributed by atoms with Gasteiger partial charge in [-0.25, -0.2) is 14.8 Å². The van der Waals surface area contributed by atoms with Gasteiger partial charge in [0.2, 0.25) is 5.95 Å². The molecule has 0 saturated heterocycles. The van der Waals surface area contributed by atoms with Gasteiger partial charge in [0.15, 0.2) is 17.0 Å². The van der Waals surface area contributed by atoms with Gasteiger partial charge in [-0.2, -0.15) is 9.97 Å². The lowest BCUT2D eigenvalue weighted by Crippen LogP contribution is -2.44. The van der Waals surface area contributed by atoms with E-state index in [-0.39, 0.29) is 36.1 Å². The van der Waals surface area contributed by atoms with Gasteiger partial charge in [0.1, 0.15) is 11.6 Å². The monoisotopic (exact) mass is 533 g/mol. The van der Waals surface area contributed by atoms with Gasteiger partial charge < -0.3 is 26.6 Å². The average molecular weight is 534 g/mol. The van der Waals surface area contributed by atoms with Crippen molar-refractivity contribution in [3.05, 3.63) is 47.3 Å². The molecule has 0 spiro atoms. The lowest BCUT2D eigenvalue weighted by molar-refractivity contribution is -0.157. The minimum absolute atomic E-state index is 0.00989. The number of hydrogen-bond acceptors (Lipinski definition) is 10. The van der Waals surface area contributed by atoms with Gasteiger partial charge in [-0.15, -0.1) is 12.3 Å². The molecule has 0 saturated carbocycles. The second kappa shape index (κ2) is 12.2. The van der Waals surface area contributed by atoms with E-state index < -0.39 is 29.5 Å². The van der Waals surface area contributed by atoms with Crippen LogP contribution in [-0.4, -0.2) is 54.5 Å². The van der Waals surface area contributed by atoms with Crippen LogP contribution in [0, 0.1) is 12.3 Å². The highest BCUT2D eigenvalue weighted by molar-refractivity contribution is 5.97. The van der Waals surface area contributed by atoms with Crippen LogP contribution in [0.25, 0.3) is 11.2 Å². The average Bonchev–Trinajstić information content (AvgIpc) is 2.85. The van der Waals surface area contributed by atoms with Crippen molar-refractivity contribution in [2.24, 2.45) is 0 Å². The molecule has 0 aliphatic heterocycles. The first-order chi connectivity index (χ1) is 18.4. The quantitative estimate of drug-likeness (QED) is 0.220. The summed E-state index contributed by atoms with van der Waals surface area (Å²) < 4.78 is 5.34. The summed E-state index contributed by atoms with van der Waals surface area (Å²) in [6, 6.07) is 5.64. The number of aromatic nitrogens is 4. The number of fused-ring (bicyclic) bond motifs is 1. The number of aliphatic carboxylic acids is 1. The van der Waals surface area contributed by atoms with Crippen molar-refractivity contribution < 1.29 is 24.2 Å². The van der Waals surface area contributed by atoms with E-state index in [9.17, 15) is 14.4 Å². The Balaban J connectivity index is 1.76. The molecule has 0 radical (unpaired) electrons. The van der Waals surface area contributed by atoms with E-state index in [0.717, 1.165) is 5.56 Å². The Hall–Kier alpha value is -4.79. The summed E-state index contributed by atoms with van der Waals surface area (Å²) in [6.07, 6.45) is 7.62. The number of rotatable bonds is 10. The van der Waals surface area contributed by atoms with Crippen LogP contribution >= 0.6 is 0 Å². The molecule has 1 aromatic carbocycles. The number of terminal acetylenes is 1. The molecule has 12 nitrogen and oxygen atoms in total. The number of nitrogens with two attached hydrogens (primary N) is 2. The lowest BCUT2D eigenvalue weighted by atomic mass is 9.91. The number of carboxylic acids is 1. The number of carboxylic acid groups (broad SMARTS) is 1. The van der Waals surface area contributed by atoms with Gasteiger partial charge in [-0.05, 0) is 51.3 Å². The van der Waals surface area contributed by atoms with E-state index >= 15 is 0 Å². The Bertz CT molecular complexity index is 1410. The summed E-state index contributed by atoms with van der Waals surface area (Å²) in [5.41, 5.74) is 13.2. The van der Waals surface area contributed by atoms with Crippen molar-refractivity contribution in [3.8, 4) is 12.3 Å². The van der Waals surface area contributed by atoms with Crippen LogP contribution in [0.5, 0.6) is 0 Å². The molecule has 0 aliphatic rings. The van der Waals surface area contributed by atoms with Crippen molar-refractivity contribution in [1.29, 1.82) is 0 Å². The highest BCUT2D eigenvalue weighted by atomic mass is 16.6. The van der Waals surface area contributed by atoms with Gasteiger partial charge >= 0.3 is 11.9 Å². The number of amides is 1. The topological polar surface area (TPSA) is 196 Å². The lowest BCUT2D eigenvalue weighted by Gasteiger charge is -2.24. The highest BCUT2D eigenvalue weighted by Gasteiger charge is 2.27. The maximum atomic E-state index is 12.9. The molecule has 0 aliphatic carbocycles. The molecule has 0 fully saturated rings. The highest BCUT2D eigenvalue weighted by Crippen LogP contribution is 2.25. The largest absolute Gasteiger partial charge is 0.481 e. The van der Waals surface area contributed by atoms with Crippen molar-refractivity contribution in [2.45, 2.75) is 64.0 Å². The molecule has 1 unspecified atom stereocenters. The Labute approximate surface area is 225 Å². The minimum Gasteiger partial charge on any atom is -0.481 e. The predicted octanol–water partition coefficient (Wildman–Crippen LogP) is 2.24. The summed E-state index contributed by atoms with van der Waals surface area (Å²) in [6.45, 7) is 5.07. The van der Waals surface area contributed by atoms with Gasteiger partial charge in [0.25, 0.3) is 5.91 Å². The number of ether oxygens (including phenoxy) is 1. The molecule has 6 N–H and O–H groups in total. The number of carbonyl (C=O) groups excluding carboxylic acids is 2. The molecule has 1 amide bonds. The number of nitrogens with zero attached hydrogens (tertiary/aromatic N) is 4.